The average Bonchev–Trinajstić information content (AvgIpc) is 2.56. The summed E-state index contributed by atoms with van der Waals surface area (Å²) < 4.78 is 0.897. The molecule has 0 unspecified atom stereocenters. The maximum atomic E-state index is 4.23. The summed E-state index contributed by atoms with van der Waals surface area (Å²) in [6.07, 6.45) is 9.16. The molecule has 1 fully saturated rings. The Bertz CT molecular complexity index is 289. The van der Waals surface area contributed by atoms with Crippen molar-refractivity contribution in [3.8, 4) is 0 Å². The lowest BCUT2D eigenvalue weighted by Crippen LogP contribution is -2.58. The Kier molecular flexibility index (Phi) is 3.34. The summed E-state index contributed by atoms with van der Waals surface area (Å²) in [7, 11) is 2.05. The van der Waals surface area contributed by atoms with E-state index in [1.165, 1.54) is 44.5 Å². The zero-order chi connectivity index (χ0) is 10.6. The second-order valence-corrected chi connectivity index (χ2v) is 4.26. The van der Waals surface area contributed by atoms with Gasteiger partial charge in [-0.3, -0.25) is 4.98 Å². The monoisotopic (exact) mass is 206 g/mol. The first-order valence-corrected chi connectivity index (χ1v) is 5.84. The highest BCUT2D eigenvalue weighted by Crippen LogP contribution is 2.24. The van der Waals surface area contributed by atoms with Crippen molar-refractivity contribution in [2.45, 2.75) is 25.7 Å². The third-order valence-electron chi connectivity index (χ3n) is 3.40. The SMILES string of the molecule is CN[N+]1(c2cccnc2)CCCCCC1. The molecule has 1 saturated heterocycles. The van der Waals surface area contributed by atoms with E-state index in [4.69, 9.17) is 0 Å². The summed E-state index contributed by atoms with van der Waals surface area (Å²) in [6, 6.07) is 4.20. The molecule has 2 rings (SSSR count). The Labute approximate surface area is 91.7 Å². The predicted octanol–water partition coefficient (Wildman–Crippen LogP) is 2.10. The number of hydrogen-bond donors (Lipinski definition) is 1. The molecule has 0 aliphatic carbocycles. The number of pyridine rings is 1. The van der Waals surface area contributed by atoms with Crippen molar-refractivity contribution in [3.05, 3.63) is 24.5 Å². The third-order valence-corrected chi connectivity index (χ3v) is 3.40. The minimum absolute atomic E-state index is 0.897. The molecular formula is C12H20N3+. The maximum Gasteiger partial charge on any atom is 0.170 e. The van der Waals surface area contributed by atoms with Gasteiger partial charge in [0.15, 0.2) is 5.69 Å². The molecule has 1 aliphatic heterocycles. The van der Waals surface area contributed by atoms with E-state index in [9.17, 15) is 0 Å². The molecule has 0 amide bonds. The lowest BCUT2D eigenvalue weighted by molar-refractivity contribution is 0.216. The van der Waals surface area contributed by atoms with Crippen LogP contribution in [0.5, 0.6) is 0 Å². The van der Waals surface area contributed by atoms with Gasteiger partial charge in [-0.15, -0.1) is 0 Å². The molecule has 82 valence electrons. The largest absolute Gasteiger partial charge is 0.258 e. The van der Waals surface area contributed by atoms with Crippen LogP contribution in [0.15, 0.2) is 24.5 Å². The third kappa shape index (κ3) is 2.19. The van der Waals surface area contributed by atoms with E-state index in [1.54, 1.807) is 0 Å². The summed E-state index contributed by atoms with van der Waals surface area (Å²) in [4.78, 5) is 4.23. The van der Waals surface area contributed by atoms with E-state index in [-0.39, 0.29) is 0 Å². The lowest BCUT2D eigenvalue weighted by Gasteiger charge is -2.34. The van der Waals surface area contributed by atoms with Crippen LogP contribution in [0.1, 0.15) is 25.7 Å². The van der Waals surface area contributed by atoms with Crippen LogP contribution in [0.25, 0.3) is 0 Å². The van der Waals surface area contributed by atoms with Gasteiger partial charge in [0.25, 0.3) is 0 Å². The van der Waals surface area contributed by atoms with Crippen molar-refractivity contribution in [2.24, 2.45) is 0 Å². The zero-order valence-corrected chi connectivity index (χ0v) is 9.45. The topological polar surface area (TPSA) is 24.9 Å². The molecule has 3 heteroatoms. The highest BCUT2D eigenvalue weighted by molar-refractivity contribution is 5.38. The fourth-order valence-corrected chi connectivity index (χ4v) is 2.45. The lowest BCUT2D eigenvalue weighted by atomic mass is 10.2. The summed E-state index contributed by atoms with van der Waals surface area (Å²) in [5.41, 5.74) is 4.76. The summed E-state index contributed by atoms with van der Waals surface area (Å²) >= 11 is 0. The first-order valence-electron chi connectivity index (χ1n) is 5.84. The summed E-state index contributed by atoms with van der Waals surface area (Å²) in [6.45, 7) is 2.37. The highest BCUT2D eigenvalue weighted by Gasteiger charge is 2.30. The second-order valence-electron chi connectivity index (χ2n) is 4.26. The van der Waals surface area contributed by atoms with Gasteiger partial charge in [0, 0.05) is 19.3 Å². The van der Waals surface area contributed by atoms with Crippen molar-refractivity contribution in [2.75, 3.05) is 20.1 Å². The molecular weight excluding hydrogens is 186 g/mol. The van der Waals surface area contributed by atoms with Crippen LogP contribution in [0.2, 0.25) is 0 Å². The number of aromatic nitrogens is 1. The molecule has 15 heavy (non-hydrogen) atoms. The molecule has 2 heterocycles. The number of quaternary nitrogens is 1. The fourth-order valence-electron chi connectivity index (χ4n) is 2.45. The van der Waals surface area contributed by atoms with Gasteiger partial charge in [-0.1, -0.05) is 0 Å². The van der Waals surface area contributed by atoms with E-state index in [1.807, 2.05) is 18.5 Å². The fraction of sp³-hybridized carbons (Fsp3) is 0.583. The van der Waals surface area contributed by atoms with Gasteiger partial charge in [0.1, 0.15) is 13.1 Å². The second kappa shape index (κ2) is 4.73. The van der Waals surface area contributed by atoms with Gasteiger partial charge in [0.05, 0.1) is 6.20 Å². The molecule has 1 aromatic heterocycles. The van der Waals surface area contributed by atoms with Crippen LogP contribution in [0.4, 0.5) is 5.69 Å². The molecule has 1 N–H and O–H groups in total. The molecule has 0 saturated carbocycles. The van der Waals surface area contributed by atoms with Gasteiger partial charge in [-0.2, -0.15) is 5.43 Å². The molecule has 0 aromatic carbocycles. The van der Waals surface area contributed by atoms with Gasteiger partial charge in [-0.25, -0.2) is 4.59 Å². The zero-order valence-electron chi connectivity index (χ0n) is 9.45. The van der Waals surface area contributed by atoms with Crippen LogP contribution in [-0.2, 0) is 0 Å². The maximum absolute atomic E-state index is 4.23. The van der Waals surface area contributed by atoms with E-state index < -0.39 is 0 Å². The molecule has 0 bridgehead atoms. The van der Waals surface area contributed by atoms with Gasteiger partial charge in [-0.05, 0) is 31.7 Å². The Hall–Kier alpha value is -0.930. The Balaban J connectivity index is 2.27. The van der Waals surface area contributed by atoms with Gasteiger partial charge >= 0.3 is 0 Å². The molecule has 1 aromatic rings. The Morgan fingerprint density at radius 3 is 2.47 bits per heavy atom. The van der Waals surface area contributed by atoms with Crippen LogP contribution in [0, 0.1) is 0 Å². The summed E-state index contributed by atoms with van der Waals surface area (Å²) in [5.74, 6) is 0. The first-order chi connectivity index (χ1) is 7.37. The Morgan fingerprint density at radius 1 is 1.20 bits per heavy atom. The van der Waals surface area contributed by atoms with Crippen molar-refractivity contribution in [1.29, 1.82) is 0 Å². The minimum Gasteiger partial charge on any atom is -0.258 e. The first kappa shape index (κ1) is 10.6. The molecule has 3 nitrogen and oxygen atoms in total. The van der Waals surface area contributed by atoms with Gasteiger partial charge < -0.3 is 0 Å². The van der Waals surface area contributed by atoms with E-state index in [0.717, 1.165) is 4.59 Å². The van der Waals surface area contributed by atoms with Crippen molar-refractivity contribution in [3.63, 3.8) is 0 Å². The standard InChI is InChI=1S/C12H20N3/c1-13-15(9-4-2-3-5-10-15)12-7-6-8-14-11-12/h6-8,11,13H,2-5,9-10H2,1H3/q+1. The van der Waals surface area contributed by atoms with Crippen LogP contribution >= 0.6 is 0 Å². The quantitative estimate of drug-likeness (QED) is 0.750. The van der Waals surface area contributed by atoms with Crippen LogP contribution in [-0.4, -0.2) is 25.1 Å². The average molecular weight is 206 g/mol. The molecule has 1 aliphatic rings. The van der Waals surface area contributed by atoms with Crippen molar-refractivity contribution in [1.82, 2.24) is 15.0 Å². The Morgan fingerprint density at radius 2 is 1.93 bits per heavy atom. The normalized spacial score (nSPS) is 20.9. The highest BCUT2D eigenvalue weighted by atomic mass is 15.7. The minimum atomic E-state index is 0.897. The van der Waals surface area contributed by atoms with Crippen molar-refractivity contribution >= 4 is 5.69 Å². The van der Waals surface area contributed by atoms with Gasteiger partial charge in [0.2, 0.25) is 0 Å². The molecule has 0 radical (unpaired) electrons. The van der Waals surface area contributed by atoms with Crippen LogP contribution < -0.4 is 10.0 Å². The van der Waals surface area contributed by atoms with E-state index in [2.05, 4.69) is 23.5 Å². The number of nitrogens with zero attached hydrogens (tertiary/aromatic N) is 2. The molecule has 0 spiro atoms. The predicted molar refractivity (Wildman–Crippen MR) is 63.3 cm³/mol. The smallest absolute Gasteiger partial charge is 0.170 e. The molecule has 0 atom stereocenters. The van der Waals surface area contributed by atoms with E-state index in [0.29, 0.717) is 0 Å². The number of rotatable bonds is 2. The summed E-state index contributed by atoms with van der Waals surface area (Å²) in [5, 5.41) is 0. The number of nitrogens with one attached hydrogen (secondary N) is 1. The van der Waals surface area contributed by atoms with Crippen LogP contribution in [0.3, 0.4) is 0 Å². The van der Waals surface area contributed by atoms with Crippen molar-refractivity contribution < 1.29 is 0 Å². The number of hydrogen-bond acceptors (Lipinski definition) is 2. The van der Waals surface area contributed by atoms with E-state index >= 15 is 0 Å².